The molecule has 3 heterocycles. The Morgan fingerprint density at radius 1 is 0.327 bits per heavy atom. The van der Waals surface area contributed by atoms with Gasteiger partial charge >= 0.3 is 0 Å². The summed E-state index contributed by atoms with van der Waals surface area (Å²) in [6.07, 6.45) is 0. The highest BCUT2D eigenvalue weighted by atomic mass is 16.3. The van der Waals surface area contributed by atoms with Gasteiger partial charge in [0.05, 0.1) is 11.0 Å². The lowest BCUT2D eigenvalue weighted by atomic mass is 10.0. The van der Waals surface area contributed by atoms with E-state index in [9.17, 15) is 0 Å². The zero-order chi connectivity index (χ0) is 34.2. The highest BCUT2D eigenvalue weighted by Gasteiger charge is 2.19. The molecular formula is C48H30N2O2. The van der Waals surface area contributed by atoms with Crippen molar-refractivity contribution in [1.82, 2.24) is 4.57 Å². The molecule has 3 aromatic heterocycles. The fourth-order valence-electron chi connectivity index (χ4n) is 7.96. The van der Waals surface area contributed by atoms with Crippen molar-refractivity contribution in [2.45, 2.75) is 0 Å². The summed E-state index contributed by atoms with van der Waals surface area (Å²) >= 11 is 0. The zero-order valence-electron chi connectivity index (χ0n) is 28.0. The Labute approximate surface area is 299 Å². The van der Waals surface area contributed by atoms with Gasteiger partial charge in [0.2, 0.25) is 0 Å². The summed E-state index contributed by atoms with van der Waals surface area (Å²) in [5.74, 6) is 0. The summed E-state index contributed by atoms with van der Waals surface area (Å²) in [7, 11) is 0. The summed E-state index contributed by atoms with van der Waals surface area (Å²) in [5, 5.41) is 6.93. The molecule has 0 amide bonds. The predicted molar refractivity (Wildman–Crippen MR) is 215 cm³/mol. The molecule has 0 saturated carbocycles. The fourth-order valence-corrected chi connectivity index (χ4v) is 7.96. The minimum atomic E-state index is 0.892. The second-order valence-electron chi connectivity index (χ2n) is 13.4. The highest BCUT2D eigenvalue weighted by molar-refractivity contribution is 6.12. The highest BCUT2D eigenvalue weighted by Crippen LogP contribution is 2.41. The summed E-state index contributed by atoms with van der Waals surface area (Å²) in [5.41, 5.74) is 12.6. The normalized spacial score (nSPS) is 11.8. The van der Waals surface area contributed by atoms with Crippen LogP contribution < -0.4 is 4.90 Å². The molecule has 0 atom stereocenters. The number of hydrogen-bond acceptors (Lipinski definition) is 3. The molecule has 0 aliphatic carbocycles. The molecule has 11 aromatic rings. The van der Waals surface area contributed by atoms with Gasteiger partial charge in [-0.15, -0.1) is 0 Å². The first kappa shape index (κ1) is 28.8. The molecule has 0 aliphatic rings. The molecule has 8 aromatic carbocycles. The smallest absolute Gasteiger partial charge is 0.135 e. The number of nitrogens with zero attached hydrogens (tertiary/aromatic N) is 2. The lowest BCUT2D eigenvalue weighted by molar-refractivity contribution is 0.668. The molecule has 0 aliphatic heterocycles. The number of fused-ring (bicyclic) bond motifs is 9. The van der Waals surface area contributed by atoms with Crippen LogP contribution in [0, 0.1) is 0 Å². The van der Waals surface area contributed by atoms with Gasteiger partial charge in [-0.25, -0.2) is 0 Å². The maximum Gasteiger partial charge on any atom is 0.135 e. The Hall–Kier alpha value is -7.04. The lowest BCUT2D eigenvalue weighted by Crippen LogP contribution is -2.10. The molecule has 11 rings (SSSR count). The van der Waals surface area contributed by atoms with Crippen LogP contribution >= 0.6 is 0 Å². The standard InChI is InChI=1S/C48H30N2O2/c1-2-10-33(11-3-1)49(34-21-18-31(19-22-34)32-20-26-47-41(28-32)39-13-5-8-16-45(39)51-47)36-23-25-38-37-12-4-7-15-43(37)50(44(38)30-36)35-24-27-48-42(29-35)40-14-6-9-17-46(40)52-48/h1-30H. The average Bonchev–Trinajstić information content (AvgIpc) is 3.87. The van der Waals surface area contributed by atoms with E-state index in [4.69, 9.17) is 8.83 Å². The third-order valence-corrected chi connectivity index (χ3v) is 10.4. The Bertz CT molecular complexity index is 3130. The van der Waals surface area contributed by atoms with E-state index in [0.717, 1.165) is 83.3 Å². The van der Waals surface area contributed by atoms with E-state index in [1.165, 1.54) is 16.3 Å². The van der Waals surface area contributed by atoms with E-state index in [2.05, 4.69) is 167 Å². The van der Waals surface area contributed by atoms with Crippen molar-refractivity contribution in [2.75, 3.05) is 4.90 Å². The Morgan fingerprint density at radius 2 is 0.865 bits per heavy atom. The van der Waals surface area contributed by atoms with Crippen LogP contribution in [0.15, 0.2) is 191 Å². The molecular weight excluding hydrogens is 637 g/mol. The van der Waals surface area contributed by atoms with Crippen LogP contribution in [0.4, 0.5) is 17.1 Å². The predicted octanol–water partition coefficient (Wildman–Crippen LogP) is 13.7. The molecule has 0 radical (unpaired) electrons. The van der Waals surface area contributed by atoms with Crippen molar-refractivity contribution in [1.29, 1.82) is 0 Å². The molecule has 244 valence electrons. The maximum atomic E-state index is 6.20. The maximum absolute atomic E-state index is 6.20. The van der Waals surface area contributed by atoms with Gasteiger partial charge in [0.15, 0.2) is 0 Å². The van der Waals surface area contributed by atoms with E-state index >= 15 is 0 Å². The number of benzene rings is 8. The Balaban J connectivity index is 1.06. The van der Waals surface area contributed by atoms with Crippen molar-refractivity contribution in [3.05, 3.63) is 182 Å². The topological polar surface area (TPSA) is 34.5 Å². The van der Waals surface area contributed by atoms with E-state index in [0.29, 0.717) is 0 Å². The monoisotopic (exact) mass is 666 g/mol. The van der Waals surface area contributed by atoms with E-state index < -0.39 is 0 Å². The Morgan fingerprint density at radius 3 is 1.62 bits per heavy atom. The van der Waals surface area contributed by atoms with Crippen molar-refractivity contribution in [3.63, 3.8) is 0 Å². The molecule has 0 saturated heterocycles. The van der Waals surface area contributed by atoms with Gasteiger partial charge < -0.3 is 18.3 Å². The third kappa shape index (κ3) is 4.41. The van der Waals surface area contributed by atoms with Crippen LogP contribution in [-0.2, 0) is 0 Å². The molecule has 0 bridgehead atoms. The van der Waals surface area contributed by atoms with Crippen LogP contribution in [0.2, 0.25) is 0 Å². The molecule has 0 fully saturated rings. The molecule has 4 heteroatoms. The summed E-state index contributed by atoms with van der Waals surface area (Å²) in [6.45, 7) is 0. The van der Waals surface area contributed by atoms with E-state index in [1.807, 2.05) is 24.3 Å². The second kappa shape index (κ2) is 11.2. The van der Waals surface area contributed by atoms with Gasteiger partial charge in [-0.05, 0) is 96.1 Å². The van der Waals surface area contributed by atoms with Crippen LogP contribution in [-0.4, -0.2) is 4.57 Å². The van der Waals surface area contributed by atoms with Gasteiger partial charge in [-0.1, -0.05) is 97.1 Å². The van der Waals surface area contributed by atoms with Gasteiger partial charge in [0.1, 0.15) is 22.3 Å². The molecule has 0 spiro atoms. The van der Waals surface area contributed by atoms with Crippen LogP contribution in [0.25, 0.3) is 82.5 Å². The first-order valence-corrected chi connectivity index (χ1v) is 17.6. The minimum absolute atomic E-state index is 0.892. The minimum Gasteiger partial charge on any atom is -0.456 e. The third-order valence-electron chi connectivity index (χ3n) is 10.4. The van der Waals surface area contributed by atoms with Crippen LogP contribution in [0.5, 0.6) is 0 Å². The van der Waals surface area contributed by atoms with Crippen molar-refractivity contribution in [2.24, 2.45) is 0 Å². The molecule has 4 nitrogen and oxygen atoms in total. The number of aromatic nitrogens is 1. The molecule has 52 heavy (non-hydrogen) atoms. The number of para-hydroxylation sites is 4. The quantitative estimate of drug-likeness (QED) is 0.183. The van der Waals surface area contributed by atoms with E-state index in [1.54, 1.807) is 0 Å². The van der Waals surface area contributed by atoms with Gasteiger partial charge in [0.25, 0.3) is 0 Å². The number of rotatable bonds is 5. The Kier molecular flexibility index (Phi) is 6.22. The lowest BCUT2D eigenvalue weighted by Gasteiger charge is -2.26. The summed E-state index contributed by atoms with van der Waals surface area (Å²) < 4.78 is 14.7. The molecule has 0 N–H and O–H groups in total. The van der Waals surface area contributed by atoms with Gasteiger partial charge in [-0.2, -0.15) is 0 Å². The first-order valence-electron chi connectivity index (χ1n) is 17.6. The van der Waals surface area contributed by atoms with Crippen molar-refractivity contribution >= 4 is 82.7 Å². The summed E-state index contributed by atoms with van der Waals surface area (Å²) in [4.78, 5) is 2.34. The average molecular weight is 667 g/mol. The number of anilines is 3. The molecule has 0 unspecified atom stereocenters. The second-order valence-corrected chi connectivity index (χ2v) is 13.4. The van der Waals surface area contributed by atoms with Gasteiger partial charge in [0, 0.05) is 55.1 Å². The first-order chi connectivity index (χ1) is 25.8. The summed E-state index contributed by atoms with van der Waals surface area (Å²) in [6, 6.07) is 64.5. The zero-order valence-corrected chi connectivity index (χ0v) is 28.0. The number of hydrogen-bond donors (Lipinski definition) is 0. The largest absolute Gasteiger partial charge is 0.456 e. The van der Waals surface area contributed by atoms with E-state index in [-0.39, 0.29) is 0 Å². The number of furan rings is 2. The van der Waals surface area contributed by atoms with Crippen LogP contribution in [0.1, 0.15) is 0 Å². The van der Waals surface area contributed by atoms with Gasteiger partial charge in [-0.3, -0.25) is 0 Å². The fraction of sp³-hybridized carbons (Fsp3) is 0. The SMILES string of the molecule is c1ccc(N(c2ccc(-c3ccc4oc5ccccc5c4c3)cc2)c2ccc3c4ccccc4n(-c4ccc5oc6ccccc6c5c4)c3c2)cc1. The van der Waals surface area contributed by atoms with Crippen molar-refractivity contribution in [3.8, 4) is 16.8 Å². The van der Waals surface area contributed by atoms with Crippen molar-refractivity contribution < 1.29 is 8.83 Å². The van der Waals surface area contributed by atoms with Crippen LogP contribution in [0.3, 0.4) is 0 Å².